The molecule has 0 spiro atoms. The van der Waals surface area contributed by atoms with Crippen molar-refractivity contribution >= 4 is 39.9 Å². The number of ether oxygens (including phenoxy) is 2. The Labute approximate surface area is 362 Å². The average molecular weight is 846 g/mol. The number of pyridine rings is 1. The van der Waals surface area contributed by atoms with Crippen LogP contribution in [0.5, 0.6) is 0 Å². The van der Waals surface area contributed by atoms with Crippen LogP contribution in [0.4, 0.5) is 9.59 Å². The minimum Gasteiger partial charge on any atom is -0.453 e. The van der Waals surface area contributed by atoms with E-state index in [9.17, 15) is 14.4 Å². The molecule has 2 saturated heterocycles. The summed E-state index contributed by atoms with van der Waals surface area (Å²) in [5, 5.41) is 10.0. The molecule has 4 atom stereocenters. The molecule has 15 nitrogen and oxygen atoms in total. The standard InChI is InChI=1S/C47H59N9O6/c1-60-46(58)53-39(29-11-5-3-6-12-29)28-62-56-22-10-16-41(56)43-49-27-38(52-43)32-18-17-31-24-36(48-26-34(31)23-32)33-19-20-35-37(25-33)51-44(50-35)40-15-9-21-55(40)45(57)42(54-47(59)61-2)30-13-7-4-8-14-30/h17-20,23-27,29-30,39-42H,3-16,21-22,28H2,1-2H3,(H,49,52)(H,50,51)(H,53,58)(H,54,59)/t39-,40+,41+,42+/m1/s1. The molecule has 3 amide bonds. The molecule has 0 unspecified atom stereocenters. The van der Waals surface area contributed by atoms with Gasteiger partial charge >= 0.3 is 12.2 Å². The van der Waals surface area contributed by atoms with E-state index >= 15 is 0 Å². The van der Waals surface area contributed by atoms with Gasteiger partial charge in [0.1, 0.15) is 17.7 Å². The van der Waals surface area contributed by atoms with E-state index in [1.807, 2.05) is 34.5 Å². The number of nitrogens with zero attached hydrogens (tertiary/aromatic N) is 5. The number of nitrogens with one attached hydrogen (secondary N) is 4. The van der Waals surface area contributed by atoms with E-state index in [2.05, 4.69) is 50.9 Å². The van der Waals surface area contributed by atoms with Crippen molar-refractivity contribution in [2.75, 3.05) is 33.9 Å². The number of hydrogen-bond acceptors (Lipinski definition) is 10. The lowest BCUT2D eigenvalue weighted by Crippen LogP contribution is -2.52. The first kappa shape index (κ1) is 41.8. The Morgan fingerprint density at radius 3 is 2.23 bits per heavy atom. The van der Waals surface area contributed by atoms with Crippen LogP contribution in [0.1, 0.15) is 114 Å². The smallest absolute Gasteiger partial charge is 0.407 e. The Balaban J connectivity index is 0.873. The molecule has 2 saturated carbocycles. The Morgan fingerprint density at radius 2 is 1.44 bits per heavy atom. The molecule has 0 radical (unpaired) electrons. The summed E-state index contributed by atoms with van der Waals surface area (Å²) in [7, 11) is 2.74. The molecule has 2 aliphatic heterocycles. The van der Waals surface area contributed by atoms with Crippen LogP contribution in [0, 0.1) is 11.8 Å². The molecule has 62 heavy (non-hydrogen) atoms. The van der Waals surface area contributed by atoms with Crippen LogP contribution in [0.2, 0.25) is 0 Å². The Kier molecular flexibility index (Phi) is 12.7. The van der Waals surface area contributed by atoms with Gasteiger partial charge in [-0.15, -0.1) is 0 Å². The summed E-state index contributed by atoms with van der Waals surface area (Å²) in [6.45, 7) is 1.82. The van der Waals surface area contributed by atoms with Crippen LogP contribution in [-0.4, -0.2) is 99.0 Å². The molecule has 328 valence electrons. The van der Waals surface area contributed by atoms with E-state index in [-0.39, 0.29) is 30.0 Å². The van der Waals surface area contributed by atoms with Gasteiger partial charge in [-0.05, 0) is 92.9 Å². The Morgan fingerprint density at radius 1 is 0.710 bits per heavy atom. The van der Waals surface area contributed by atoms with Crippen molar-refractivity contribution in [3.05, 3.63) is 66.5 Å². The highest BCUT2D eigenvalue weighted by Crippen LogP contribution is 2.37. The second kappa shape index (κ2) is 18.8. The molecule has 9 rings (SSSR count). The van der Waals surface area contributed by atoms with Gasteiger partial charge in [-0.25, -0.2) is 19.6 Å². The lowest BCUT2D eigenvalue weighted by Gasteiger charge is -2.34. The SMILES string of the molecule is COC(=O)N[C@H](C(=O)N1CCC[C@H]1c1nc2ccc(-c3cc4ccc(-c5cnc([C@@H]6CCCN6OC[C@@H](NC(=O)OC)C6CCCCC6)[nH]5)cc4cn3)cc2[nH]1)C1CCCCC1. The van der Waals surface area contributed by atoms with Gasteiger partial charge < -0.3 is 35.0 Å². The quantitative estimate of drug-likeness (QED) is 0.0951. The molecule has 5 heterocycles. The largest absolute Gasteiger partial charge is 0.453 e. The minimum atomic E-state index is -0.608. The van der Waals surface area contributed by atoms with Gasteiger partial charge in [-0.3, -0.25) is 14.6 Å². The lowest BCUT2D eigenvalue weighted by molar-refractivity contribution is -0.180. The van der Waals surface area contributed by atoms with E-state index < -0.39 is 18.2 Å². The van der Waals surface area contributed by atoms with E-state index in [1.165, 1.54) is 33.5 Å². The summed E-state index contributed by atoms with van der Waals surface area (Å²) >= 11 is 0. The van der Waals surface area contributed by atoms with Gasteiger partial charge in [0.2, 0.25) is 5.91 Å². The molecule has 0 bridgehead atoms. The zero-order valence-electron chi connectivity index (χ0n) is 35.9. The number of H-pyrrole nitrogens is 2. The topological polar surface area (TPSA) is 180 Å². The van der Waals surface area contributed by atoms with E-state index in [4.69, 9.17) is 29.3 Å². The van der Waals surface area contributed by atoms with Crippen LogP contribution in [0.15, 0.2) is 54.9 Å². The molecule has 2 aliphatic carbocycles. The highest BCUT2D eigenvalue weighted by molar-refractivity contribution is 5.90. The number of benzene rings is 2. The number of hydroxylamine groups is 2. The van der Waals surface area contributed by atoms with Crippen molar-refractivity contribution in [3.8, 4) is 22.5 Å². The normalized spacial score (nSPS) is 21.3. The third-order valence-electron chi connectivity index (χ3n) is 13.8. The maximum atomic E-state index is 14.1. The highest BCUT2D eigenvalue weighted by Gasteiger charge is 2.40. The number of carbonyl (C=O) groups is 3. The number of carbonyl (C=O) groups excluding carboxylic acids is 3. The maximum absolute atomic E-state index is 14.1. The number of likely N-dealkylation sites (tertiary alicyclic amines) is 1. The number of methoxy groups -OCH3 is 2. The average Bonchev–Trinajstić information content (AvgIpc) is 4.16. The number of aromatic nitrogens is 5. The fourth-order valence-electron chi connectivity index (χ4n) is 10.4. The molecule has 4 N–H and O–H groups in total. The van der Waals surface area contributed by atoms with Gasteiger partial charge in [-0.1, -0.05) is 56.7 Å². The predicted molar refractivity (Wildman–Crippen MR) is 235 cm³/mol. The molecule has 15 heteroatoms. The summed E-state index contributed by atoms with van der Waals surface area (Å²) in [4.78, 5) is 68.7. The second-order valence-corrected chi connectivity index (χ2v) is 17.6. The van der Waals surface area contributed by atoms with Crippen molar-refractivity contribution in [2.24, 2.45) is 11.8 Å². The maximum Gasteiger partial charge on any atom is 0.407 e. The van der Waals surface area contributed by atoms with Crippen LogP contribution in [0.3, 0.4) is 0 Å². The number of aromatic amines is 2. The fourth-order valence-corrected chi connectivity index (χ4v) is 10.4. The summed E-state index contributed by atoms with van der Waals surface area (Å²) < 4.78 is 9.86. The first-order valence-corrected chi connectivity index (χ1v) is 22.7. The molecular formula is C47H59N9O6. The van der Waals surface area contributed by atoms with Crippen molar-refractivity contribution in [1.82, 2.24) is 45.5 Å². The third-order valence-corrected chi connectivity index (χ3v) is 13.8. The van der Waals surface area contributed by atoms with Gasteiger partial charge in [0.05, 0.1) is 67.6 Å². The van der Waals surface area contributed by atoms with Crippen LogP contribution < -0.4 is 10.6 Å². The molecular weight excluding hydrogens is 787 g/mol. The number of fused-ring (bicyclic) bond motifs is 2. The van der Waals surface area contributed by atoms with Crippen molar-refractivity contribution in [3.63, 3.8) is 0 Å². The second-order valence-electron chi connectivity index (χ2n) is 17.6. The zero-order valence-corrected chi connectivity index (χ0v) is 35.9. The molecule has 4 aliphatic rings. The summed E-state index contributed by atoms with van der Waals surface area (Å²) in [6.07, 6.45) is 17.3. The van der Waals surface area contributed by atoms with Gasteiger partial charge in [0.15, 0.2) is 0 Å². The van der Waals surface area contributed by atoms with Crippen LogP contribution in [0.25, 0.3) is 44.3 Å². The summed E-state index contributed by atoms with van der Waals surface area (Å²) in [6, 6.07) is 13.7. The lowest BCUT2D eigenvalue weighted by atomic mass is 9.83. The van der Waals surface area contributed by atoms with Gasteiger partial charge in [0.25, 0.3) is 0 Å². The number of hydrogen-bond donors (Lipinski definition) is 4. The van der Waals surface area contributed by atoms with Gasteiger partial charge in [-0.2, -0.15) is 5.06 Å². The van der Waals surface area contributed by atoms with Gasteiger partial charge in [0, 0.05) is 35.8 Å². The number of amides is 3. The van der Waals surface area contributed by atoms with Crippen molar-refractivity contribution in [2.45, 2.75) is 114 Å². The Bertz CT molecular complexity index is 2370. The number of rotatable bonds is 12. The zero-order chi connectivity index (χ0) is 42.6. The summed E-state index contributed by atoms with van der Waals surface area (Å²) in [5.74, 6) is 2.04. The molecule has 3 aromatic heterocycles. The van der Waals surface area contributed by atoms with Crippen molar-refractivity contribution < 1.29 is 28.7 Å². The first-order chi connectivity index (χ1) is 30.3. The van der Waals surface area contributed by atoms with E-state index in [1.54, 1.807) is 0 Å². The first-order valence-electron chi connectivity index (χ1n) is 22.7. The van der Waals surface area contributed by atoms with E-state index in [0.29, 0.717) is 19.1 Å². The number of imidazole rings is 2. The Hall–Kier alpha value is -5.54. The van der Waals surface area contributed by atoms with Crippen LogP contribution >= 0.6 is 0 Å². The highest BCUT2D eigenvalue weighted by atomic mass is 16.7. The molecule has 4 fully saturated rings. The van der Waals surface area contributed by atoms with Crippen molar-refractivity contribution in [1.29, 1.82) is 0 Å². The third kappa shape index (κ3) is 9.01. The van der Waals surface area contributed by atoms with Crippen LogP contribution in [-0.2, 0) is 19.1 Å². The number of alkyl carbamates (subject to hydrolysis) is 2. The summed E-state index contributed by atoms with van der Waals surface area (Å²) in [5.41, 5.74) is 5.47. The predicted octanol–water partition coefficient (Wildman–Crippen LogP) is 8.51. The molecule has 5 aromatic rings. The monoisotopic (exact) mass is 845 g/mol. The van der Waals surface area contributed by atoms with E-state index in [0.717, 1.165) is 133 Å². The fraction of sp³-hybridized carbons (Fsp3) is 0.532. The minimum absolute atomic E-state index is 0.00428. The molecule has 2 aromatic carbocycles.